The summed E-state index contributed by atoms with van der Waals surface area (Å²) in [6.07, 6.45) is 13.8. The Hall–Kier alpha value is -1.89. The molecule has 144 valence electrons. The molecule has 0 unspecified atom stereocenters. The first kappa shape index (κ1) is 19.9. The van der Waals surface area contributed by atoms with Crippen LogP contribution in [0.5, 0.6) is 0 Å². The third-order valence-electron chi connectivity index (χ3n) is 6.04. The maximum absolute atomic E-state index is 12.0. The molecule has 27 heavy (non-hydrogen) atoms. The lowest BCUT2D eigenvalue weighted by Crippen LogP contribution is -2.13. The summed E-state index contributed by atoms with van der Waals surface area (Å²) in [6.45, 7) is 1.90. The second-order valence-corrected chi connectivity index (χ2v) is 8.09. The molecule has 0 amide bonds. The van der Waals surface area contributed by atoms with Crippen LogP contribution in [0.2, 0.25) is 0 Å². The Morgan fingerprint density at radius 2 is 1.41 bits per heavy atom. The molecule has 3 rings (SSSR count). The molecular formula is C26H33F. The molecule has 1 aliphatic carbocycles. The van der Waals surface area contributed by atoms with E-state index in [0.717, 1.165) is 18.3 Å². The van der Waals surface area contributed by atoms with Gasteiger partial charge in [-0.25, -0.2) is 0 Å². The maximum Gasteiger partial charge on any atom is 0.0928 e. The van der Waals surface area contributed by atoms with E-state index in [1.165, 1.54) is 60.8 Å². The Morgan fingerprint density at radius 3 is 2.04 bits per heavy atom. The van der Waals surface area contributed by atoms with Crippen LogP contribution in [0.3, 0.4) is 0 Å². The summed E-state index contributed by atoms with van der Waals surface area (Å²) in [6, 6.07) is 18.0. The van der Waals surface area contributed by atoms with Gasteiger partial charge in [0.2, 0.25) is 0 Å². The average Bonchev–Trinajstić information content (AvgIpc) is 2.72. The molecule has 1 heteroatoms. The van der Waals surface area contributed by atoms with E-state index in [2.05, 4.69) is 61.5 Å². The molecule has 0 aromatic heterocycles. The first-order chi connectivity index (χ1) is 13.3. The van der Waals surface area contributed by atoms with Crippen molar-refractivity contribution in [1.82, 2.24) is 0 Å². The lowest BCUT2D eigenvalue weighted by Gasteiger charge is -2.29. The number of rotatable bonds is 8. The monoisotopic (exact) mass is 364 g/mol. The third kappa shape index (κ3) is 6.06. The number of alkyl halides is 1. The molecule has 1 fully saturated rings. The van der Waals surface area contributed by atoms with Crippen molar-refractivity contribution in [3.63, 3.8) is 0 Å². The highest BCUT2D eigenvalue weighted by molar-refractivity contribution is 5.64. The van der Waals surface area contributed by atoms with Gasteiger partial charge in [0.1, 0.15) is 0 Å². The van der Waals surface area contributed by atoms with Crippen LogP contribution in [0.4, 0.5) is 4.39 Å². The van der Waals surface area contributed by atoms with E-state index in [0.29, 0.717) is 6.42 Å². The van der Waals surface area contributed by atoms with Gasteiger partial charge in [0, 0.05) is 0 Å². The zero-order chi connectivity index (χ0) is 18.9. The van der Waals surface area contributed by atoms with Crippen LogP contribution in [0.15, 0.2) is 60.7 Å². The largest absolute Gasteiger partial charge is 0.251 e. The summed E-state index contributed by atoms with van der Waals surface area (Å²) in [4.78, 5) is 0. The predicted octanol–water partition coefficient (Wildman–Crippen LogP) is 8.02. The lowest BCUT2D eigenvalue weighted by molar-refractivity contribution is 0.305. The van der Waals surface area contributed by atoms with Gasteiger partial charge in [-0.1, -0.05) is 72.7 Å². The van der Waals surface area contributed by atoms with Gasteiger partial charge >= 0.3 is 0 Å². The zero-order valence-corrected chi connectivity index (χ0v) is 16.7. The minimum atomic E-state index is -0.230. The van der Waals surface area contributed by atoms with Crippen molar-refractivity contribution >= 4 is 0 Å². The topological polar surface area (TPSA) is 0 Å². The van der Waals surface area contributed by atoms with E-state index < -0.39 is 0 Å². The molecule has 1 aliphatic rings. The smallest absolute Gasteiger partial charge is 0.0928 e. The molecule has 2 aromatic carbocycles. The molecule has 0 bridgehead atoms. The van der Waals surface area contributed by atoms with Crippen LogP contribution >= 0.6 is 0 Å². The quantitative estimate of drug-likeness (QED) is 0.328. The first-order valence-corrected chi connectivity index (χ1v) is 10.6. The van der Waals surface area contributed by atoms with Crippen molar-refractivity contribution in [2.24, 2.45) is 5.92 Å². The van der Waals surface area contributed by atoms with Crippen LogP contribution in [-0.4, -0.2) is 6.67 Å². The van der Waals surface area contributed by atoms with Crippen molar-refractivity contribution in [1.29, 1.82) is 0 Å². The molecule has 0 radical (unpaired) electrons. The number of hydrogen-bond donors (Lipinski definition) is 0. The van der Waals surface area contributed by atoms with Crippen molar-refractivity contribution in [2.45, 2.75) is 64.2 Å². The summed E-state index contributed by atoms with van der Waals surface area (Å²) in [5.74, 6) is 1.63. The second kappa shape index (κ2) is 10.4. The van der Waals surface area contributed by atoms with Crippen LogP contribution in [0.25, 0.3) is 11.1 Å². The Balaban J connectivity index is 1.45. The highest BCUT2D eigenvalue weighted by Gasteiger charge is 2.21. The molecule has 0 saturated heterocycles. The average molecular weight is 365 g/mol. The minimum Gasteiger partial charge on any atom is -0.251 e. The number of allylic oxidation sites excluding steroid dienone is 2. The van der Waals surface area contributed by atoms with E-state index in [9.17, 15) is 4.39 Å². The lowest BCUT2D eigenvalue weighted by atomic mass is 9.77. The summed E-state index contributed by atoms with van der Waals surface area (Å²) < 4.78 is 12.0. The number of halogens is 1. The van der Waals surface area contributed by atoms with Gasteiger partial charge in [0.25, 0.3) is 0 Å². The summed E-state index contributed by atoms with van der Waals surface area (Å²) in [5.41, 5.74) is 5.44. The second-order valence-electron chi connectivity index (χ2n) is 8.09. The Labute approximate surface area is 164 Å². The van der Waals surface area contributed by atoms with Gasteiger partial charge in [-0.2, -0.15) is 0 Å². The standard InChI is InChI=1S/C26H33F/c1-21-8-12-23(13-9-21)25-16-18-26(19-17-25)24-14-10-22(11-15-24)7-5-3-2-4-6-20-27/h2,4,8-9,12-13,16-19,22,24H,3,5-7,10-11,14-15,20H2,1H3/t22-,24-. The van der Waals surface area contributed by atoms with Gasteiger partial charge in [0.05, 0.1) is 6.67 Å². The number of aryl methyl sites for hydroxylation is 1. The van der Waals surface area contributed by atoms with E-state index in [4.69, 9.17) is 0 Å². The highest BCUT2D eigenvalue weighted by Crippen LogP contribution is 2.38. The maximum atomic E-state index is 12.0. The molecule has 0 aliphatic heterocycles. The summed E-state index contributed by atoms with van der Waals surface area (Å²) in [7, 11) is 0. The summed E-state index contributed by atoms with van der Waals surface area (Å²) in [5, 5.41) is 0. The van der Waals surface area contributed by atoms with Crippen LogP contribution < -0.4 is 0 Å². The van der Waals surface area contributed by atoms with E-state index in [-0.39, 0.29) is 6.67 Å². The molecule has 1 saturated carbocycles. The molecule has 0 spiro atoms. The fourth-order valence-corrected chi connectivity index (χ4v) is 4.30. The Kier molecular flexibility index (Phi) is 7.68. The van der Waals surface area contributed by atoms with Crippen LogP contribution in [0, 0.1) is 12.8 Å². The van der Waals surface area contributed by atoms with Crippen molar-refractivity contribution < 1.29 is 4.39 Å². The Morgan fingerprint density at radius 1 is 0.815 bits per heavy atom. The molecular weight excluding hydrogens is 331 g/mol. The highest BCUT2D eigenvalue weighted by atomic mass is 19.1. The minimum absolute atomic E-state index is 0.230. The molecule has 0 nitrogen and oxygen atoms in total. The third-order valence-corrected chi connectivity index (χ3v) is 6.04. The molecule has 0 heterocycles. The van der Waals surface area contributed by atoms with Gasteiger partial charge in [-0.3, -0.25) is 4.39 Å². The molecule has 0 N–H and O–H groups in total. The van der Waals surface area contributed by atoms with E-state index in [1.54, 1.807) is 0 Å². The van der Waals surface area contributed by atoms with Crippen LogP contribution in [-0.2, 0) is 0 Å². The number of unbranched alkanes of at least 4 members (excludes halogenated alkanes) is 1. The fourth-order valence-electron chi connectivity index (χ4n) is 4.30. The predicted molar refractivity (Wildman–Crippen MR) is 115 cm³/mol. The van der Waals surface area contributed by atoms with Gasteiger partial charge in [-0.15, -0.1) is 0 Å². The Bertz CT molecular complexity index is 688. The molecule has 2 aromatic rings. The number of benzene rings is 2. The molecule has 0 atom stereocenters. The van der Waals surface area contributed by atoms with Gasteiger partial charge in [-0.05, 0) is 80.4 Å². The summed E-state index contributed by atoms with van der Waals surface area (Å²) >= 11 is 0. The fraction of sp³-hybridized carbons (Fsp3) is 0.462. The van der Waals surface area contributed by atoms with E-state index in [1.807, 2.05) is 6.08 Å². The van der Waals surface area contributed by atoms with Gasteiger partial charge < -0.3 is 0 Å². The van der Waals surface area contributed by atoms with E-state index >= 15 is 0 Å². The number of hydrogen-bond acceptors (Lipinski definition) is 0. The van der Waals surface area contributed by atoms with Gasteiger partial charge in [0.15, 0.2) is 0 Å². The van der Waals surface area contributed by atoms with Crippen molar-refractivity contribution in [2.75, 3.05) is 6.67 Å². The first-order valence-electron chi connectivity index (χ1n) is 10.6. The van der Waals surface area contributed by atoms with Crippen molar-refractivity contribution in [3.05, 3.63) is 71.8 Å². The van der Waals surface area contributed by atoms with Crippen molar-refractivity contribution in [3.8, 4) is 11.1 Å². The zero-order valence-electron chi connectivity index (χ0n) is 16.7. The SMILES string of the molecule is Cc1ccc(-c2ccc([C@H]3CC[C@H](CCCC=CCCF)CC3)cc2)cc1. The normalized spacial score (nSPS) is 20.2. The van der Waals surface area contributed by atoms with Crippen LogP contribution in [0.1, 0.15) is 68.4 Å².